The maximum Gasteiger partial charge on any atom is 0.273 e. The van der Waals surface area contributed by atoms with Gasteiger partial charge in [-0.05, 0) is 5.56 Å². The molecule has 0 unspecified atom stereocenters. The van der Waals surface area contributed by atoms with Crippen LogP contribution in [0.2, 0.25) is 0 Å². The lowest BCUT2D eigenvalue weighted by molar-refractivity contribution is 0.0945. The molecule has 0 atom stereocenters. The maximum absolute atomic E-state index is 12.2. The molecule has 0 fully saturated rings. The van der Waals surface area contributed by atoms with Crippen LogP contribution in [0.25, 0.3) is 4.96 Å². The standard InChI is InChI=1S/C16H14N6OS/c23-15(17-8-13-10-21-6-7-24-16(21)18-13)14-11-22(20-19-14)9-12-4-2-1-3-5-12/h1-7,10-11H,8-9H2,(H,17,23). The van der Waals surface area contributed by atoms with Crippen molar-refractivity contribution in [2.24, 2.45) is 0 Å². The van der Waals surface area contributed by atoms with E-state index in [1.54, 1.807) is 22.2 Å². The van der Waals surface area contributed by atoms with Crippen LogP contribution in [0.3, 0.4) is 0 Å². The molecule has 4 rings (SSSR count). The van der Waals surface area contributed by atoms with Gasteiger partial charge in [0.1, 0.15) is 0 Å². The highest BCUT2D eigenvalue weighted by Gasteiger charge is 2.12. The second-order valence-corrected chi connectivity index (χ2v) is 6.17. The number of carbonyl (C=O) groups is 1. The summed E-state index contributed by atoms with van der Waals surface area (Å²) in [5.41, 5.74) is 2.21. The number of imidazole rings is 1. The third-order valence-electron chi connectivity index (χ3n) is 3.53. The number of aromatic nitrogens is 5. The van der Waals surface area contributed by atoms with Crippen LogP contribution in [0.1, 0.15) is 21.7 Å². The molecule has 8 heteroatoms. The zero-order valence-electron chi connectivity index (χ0n) is 12.7. The molecule has 0 radical (unpaired) electrons. The molecule has 24 heavy (non-hydrogen) atoms. The molecular weight excluding hydrogens is 324 g/mol. The molecule has 1 N–H and O–H groups in total. The SMILES string of the molecule is O=C(NCc1cn2ccsc2n1)c1cn(Cc2ccccc2)nn1. The van der Waals surface area contributed by atoms with Crippen molar-refractivity contribution in [3.63, 3.8) is 0 Å². The molecule has 0 aliphatic carbocycles. The molecule has 4 aromatic rings. The average molecular weight is 338 g/mol. The van der Waals surface area contributed by atoms with Crippen LogP contribution in [-0.2, 0) is 13.1 Å². The molecule has 0 saturated heterocycles. The minimum Gasteiger partial charge on any atom is -0.345 e. The molecule has 0 bridgehead atoms. The van der Waals surface area contributed by atoms with E-state index in [2.05, 4.69) is 20.6 Å². The van der Waals surface area contributed by atoms with E-state index >= 15 is 0 Å². The van der Waals surface area contributed by atoms with Gasteiger partial charge in [0, 0.05) is 17.8 Å². The molecule has 3 aromatic heterocycles. The van der Waals surface area contributed by atoms with Crippen molar-refractivity contribution < 1.29 is 4.79 Å². The van der Waals surface area contributed by atoms with Crippen LogP contribution in [0.5, 0.6) is 0 Å². The number of carbonyl (C=O) groups excluding carboxylic acids is 1. The Bertz CT molecular complexity index is 942. The van der Waals surface area contributed by atoms with E-state index in [4.69, 9.17) is 0 Å². The summed E-state index contributed by atoms with van der Waals surface area (Å²) in [6, 6.07) is 9.91. The molecule has 0 spiro atoms. The largest absolute Gasteiger partial charge is 0.345 e. The number of amides is 1. The van der Waals surface area contributed by atoms with Gasteiger partial charge in [0.15, 0.2) is 10.7 Å². The summed E-state index contributed by atoms with van der Waals surface area (Å²) < 4.78 is 3.58. The van der Waals surface area contributed by atoms with Gasteiger partial charge < -0.3 is 5.32 Å². The molecule has 1 aromatic carbocycles. The highest BCUT2D eigenvalue weighted by atomic mass is 32.1. The van der Waals surface area contributed by atoms with Crippen LogP contribution in [-0.4, -0.2) is 30.3 Å². The molecule has 0 saturated carbocycles. The monoisotopic (exact) mass is 338 g/mol. The second kappa shape index (κ2) is 6.25. The van der Waals surface area contributed by atoms with Crippen molar-refractivity contribution >= 4 is 22.2 Å². The number of thiazole rings is 1. The fourth-order valence-electron chi connectivity index (χ4n) is 2.37. The minimum atomic E-state index is -0.259. The Balaban J connectivity index is 1.38. The van der Waals surface area contributed by atoms with Gasteiger partial charge in [-0.15, -0.1) is 16.4 Å². The first-order chi connectivity index (χ1) is 11.8. The lowest BCUT2D eigenvalue weighted by atomic mass is 10.2. The minimum absolute atomic E-state index is 0.259. The van der Waals surface area contributed by atoms with E-state index in [0.717, 1.165) is 16.2 Å². The van der Waals surface area contributed by atoms with Crippen LogP contribution >= 0.6 is 11.3 Å². The molecular formula is C16H14N6OS. The van der Waals surface area contributed by atoms with Crippen LogP contribution in [0.15, 0.2) is 54.3 Å². The van der Waals surface area contributed by atoms with Crippen molar-refractivity contribution in [1.82, 2.24) is 29.7 Å². The first-order valence-corrected chi connectivity index (χ1v) is 8.29. The highest BCUT2D eigenvalue weighted by Crippen LogP contribution is 2.11. The summed E-state index contributed by atoms with van der Waals surface area (Å²) >= 11 is 1.56. The van der Waals surface area contributed by atoms with E-state index in [-0.39, 0.29) is 5.91 Å². The lowest BCUT2D eigenvalue weighted by Gasteiger charge is -2.00. The van der Waals surface area contributed by atoms with Gasteiger partial charge in [-0.2, -0.15) is 0 Å². The number of nitrogens with one attached hydrogen (secondary N) is 1. The Hall–Kier alpha value is -3.00. The molecule has 120 valence electrons. The van der Waals surface area contributed by atoms with Gasteiger partial charge in [-0.25, -0.2) is 9.67 Å². The highest BCUT2D eigenvalue weighted by molar-refractivity contribution is 7.15. The van der Waals surface area contributed by atoms with Gasteiger partial charge in [0.25, 0.3) is 5.91 Å². The van der Waals surface area contributed by atoms with E-state index in [9.17, 15) is 4.79 Å². The van der Waals surface area contributed by atoms with E-state index in [1.807, 2.05) is 52.5 Å². The molecule has 0 aliphatic heterocycles. The quantitative estimate of drug-likeness (QED) is 0.603. The third-order valence-corrected chi connectivity index (χ3v) is 4.30. The third kappa shape index (κ3) is 3.04. The van der Waals surface area contributed by atoms with Gasteiger partial charge in [0.05, 0.1) is 25.0 Å². The fourth-order valence-corrected chi connectivity index (χ4v) is 3.09. The number of hydrogen-bond donors (Lipinski definition) is 1. The molecule has 7 nitrogen and oxygen atoms in total. The number of benzene rings is 1. The van der Waals surface area contributed by atoms with E-state index in [1.165, 1.54) is 0 Å². The Morgan fingerprint density at radius 1 is 1.21 bits per heavy atom. The fraction of sp³-hybridized carbons (Fsp3) is 0.125. The Morgan fingerprint density at radius 3 is 2.92 bits per heavy atom. The average Bonchev–Trinajstić information content (AvgIpc) is 3.29. The Labute approximate surface area is 141 Å². The molecule has 1 amide bonds. The van der Waals surface area contributed by atoms with E-state index < -0.39 is 0 Å². The number of fused-ring (bicyclic) bond motifs is 1. The van der Waals surface area contributed by atoms with Crippen molar-refractivity contribution in [2.45, 2.75) is 13.1 Å². The zero-order valence-corrected chi connectivity index (χ0v) is 13.5. The number of nitrogens with zero attached hydrogens (tertiary/aromatic N) is 5. The van der Waals surface area contributed by atoms with Gasteiger partial charge >= 0.3 is 0 Å². The van der Waals surface area contributed by atoms with Crippen molar-refractivity contribution in [2.75, 3.05) is 0 Å². The van der Waals surface area contributed by atoms with Crippen LogP contribution < -0.4 is 5.32 Å². The second-order valence-electron chi connectivity index (χ2n) is 5.29. The number of hydrogen-bond acceptors (Lipinski definition) is 5. The van der Waals surface area contributed by atoms with E-state index in [0.29, 0.717) is 18.8 Å². The zero-order chi connectivity index (χ0) is 16.4. The first-order valence-electron chi connectivity index (χ1n) is 7.41. The van der Waals surface area contributed by atoms with Crippen molar-refractivity contribution in [3.05, 3.63) is 71.3 Å². The predicted octanol–water partition coefficient (Wildman–Crippen LogP) is 1.97. The summed E-state index contributed by atoms with van der Waals surface area (Å²) in [5, 5.41) is 12.7. The Kier molecular flexibility index (Phi) is 3.80. The summed E-state index contributed by atoms with van der Waals surface area (Å²) in [6.07, 6.45) is 5.49. The summed E-state index contributed by atoms with van der Waals surface area (Å²) in [4.78, 5) is 17.5. The summed E-state index contributed by atoms with van der Waals surface area (Å²) in [5.74, 6) is -0.259. The van der Waals surface area contributed by atoms with Crippen LogP contribution in [0, 0.1) is 0 Å². The maximum atomic E-state index is 12.2. The van der Waals surface area contributed by atoms with Gasteiger partial charge in [-0.1, -0.05) is 35.5 Å². The lowest BCUT2D eigenvalue weighted by Crippen LogP contribution is -2.23. The smallest absolute Gasteiger partial charge is 0.273 e. The van der Waals surface area contributed by atoms with Gasteiger partial charge in [0.2, 0.25) is 0 Å². The first kappa shape index (κ1) is 14.6. The van der Waals surface area contributed by atoms with Gasteiger partial charge in [-0.3, -0.25) is 9.20 Å². The van der Waals surface area contributed by atoms with Crippen molar-refractivity contribution in [3.8, 4) is 0 Å². The normalized spacial score (nSPS) is 11.0. The summed E-state index contributed by atoms with van der Waals surface area (Å²) in [7, 11) is 0. The number of rotatable bonds is 5. The molecule has 0 aliphatic rings. The molecule has 3 heterocycles. The summed E-state index contributed by atoms with van der Waals surface area (Å²) in [6.45, 7) is 0.942. The van der Waals surface area contributed by atoms with Crippen molar-refractivity contribution in [1.29, 1.82) is 0 Å². The predicted molar refractivity (Wildman–Crippen MR) is 89.8 cm³/mol. The Morgan fingerprint density at radius 2 is 2.08 bits per heavy atom. The topological polar surface area (TPSA) is 77.1 Å². The van der Waals surface area contributed by atoms with Crippen LogP contribution in [0.4, 0.5) is 0 Å².